The number of nitrogens with zero attached hydrogens (tertiary/aromatic N) is 3. The second-order valence-corrected chi connectivity index (χ2v) is 7.44. The molecule has 5 nitrogen and oxygen atoms in total. The maximum absolute atomic E-state index is 12.1. The Hall–Kier alpha value is -1.61. The van der Waals surface area contributed by atoms with E-state index in [1.54, 1.807) is 11.1 Å². The Balaban J connectivity index is 2.09. The molecule has 1 aliphatic rings. The molecule has 22 heavy (non-hydrogen) atoms. The molecule has 0 atom stereocenters. The molecular weight excluding hydrogens is 346 g/mol. The van der Waals surface area contributed by atoms with Gasteiger partial charge >= 0.3 is 6.09 Å². The van der Waals surface area contributed by atoms with Crippen LogP contribution in [0.5, 0.6) is 0 Å². The van der Waals surface area contributed by atoms with E-state index in [1.165, 1.54) is 0 Å². The van der Waals surface area contributed by atoms with Gasteiger partial charge < -0.3 is 9.64 Å². The monoisotopic (exact) mass is 365 g/mol. The molecule has 0 aliphatic carbocycles. The number of halogens is 1. The molecule has 0 bridgehead atoms. The number of hydrogen-bond acceptors (Lipinski definition) is 4. The largest absolute Gasteiger partial charge is 0.444 e. The number of carbonyl (C=O) groups is 1. The van der Waals surface area contributed by atoms with E-state index in [2.05, 4.69) is 27.0 Å². The number of rotatable bonds is 1. The van der Waals surface area contributed by atoms with Crippen LogP contribution >= 0.6 is 15.9 Å². The van der Waals surface area contributed by atoms with Gasteiger partial charge in [-0.15, -0.1) is 0 Å². The van der Waals surface area contributed by atoms with E-state index in [1.807, 2.05) is 32.9 Å². The van der Waals surface area contributed by atoms with E-state index >= 15 is 0 Å². The van der Waals surface area contributed by atoms with Crippen molar-refractivity contribution in [1.29, 1.82) is 5.26 Å². The first-order valence-electron chi connectivity index (χ1n) is 7.27. The van der Waals surface area contributed by atoms with Gasteiger partial charge in [0.25, 0.3) is 0 Å². The molecule has 0 aromatic carbocycles. The molecule has 1 aromatic heterocycles. The third kappa shape index (κ3) is 3.77. The lowest BCUT2D eigenvalue weighted by atomic mass is 9.77. The van der Waals surface area contributed by atoms with Gasteiger partial charge in [0, 0.05) is 23.8 Å². The van der Waals surface area contributed by atoms with Crippen LogP contribution in [0.4, 0.5) is 4.79 Å². The van der Waals surface area contributed by atoms with Crippen molar-refractivity contribution in [2.45, 2.75) is 44.6 Å². The fourth-order valence-electron chi connectivity index (χ4n) is 2.49. The number of hydrogen-bond donors (Lipinski definition) is 0. The predicted octanol–water partition coefficient (Wildman–Crippen LogP) is 3.64. The summed E-state index contributed by atoms with van der Waals surface area (Å²) in [7, 11) is 0. The van der Waals surface area contributed by atoms with Crippen molar-refractivity contribution in [3.05, 3.63) is 28.5 Å². The van der Waals surface area contributed by atoms with Gasteiger partial charge in [-0.2, -0.15) is 5.26 Å². The minimum atomic E-state index is -0.637. The summed E-state index contributed by atoms with van der Waals surface area (Å²) in [5, 5.41) is 9.66. The molecule has 0 N–H and O–H groups in total. The molecule has 2 rings (SSSR count). The fourth-order valence-corrected chi connectivity index (χ4v) is 2.82. The zero-order valence-electron chi connectivity index (χ0n) is 13.1. The molecule has 1 aliphatic heterocycles. The summed E-state index contributed by atoms with van der Waals surface area (Å²) in [4.78, 5) is 18.1. The zero-order chi connectivity index (χ0) is 16.4. The standard InChI is InChI=1S/C16H20BrN3O2/c1-15(2,3)22-14(21)20-8-5-16(11-18,6-9-20)13-10-12(17)4-7-19-13/h4,7,10H,5-6,8-9H2,1-3H3. The molecule has 1 amide bonds. The van der Waals surface area contributed by atoms with E-state index in [-0.39, 0.29) is 6.09 Å². The van der Waals surface area contributed by atoms with Crippen LogP contribution in [-0.4, -0.2) is 34.7 Å². The van der Waals surface area contributed by atoms with Crippen LogP contribution in [0.3, 0.4) is 0 Å². The minimum absolute atomic E-state index is 0.318. The van der Waals surface area contributed by atoms with Crippen LogP contribution in [0, 0.1) is 11.3 Å². The quantitative estimate of drug-likeness (QED) is 0.761. The summed E-state index contributed by atoms with van der Waals surface area (Å²) in [6.45, 7) is 6.53. The Morgan fingerprint density at radius 1 is 1.45 bits per heavy atom. The van der Waals surface area contributed by atoms with Crippen LogP contribution in [-0.2, 0) is 10.2 Å². The summed E-state index contributed by atoms with van der Waals surface area (Å²) in [6, 6.07) is 6.13. The summed E-state index contributed by atoms with van der Waals surface area (Å²) in [5.74, 6) is 0. The molecular formula is C16H20BrN3O2. The van der Waals surface area contributed by atoms with Crippen LogP contribution in [0.1, 0.15) is 39.3 Å². The number of likely N-dealkylation sites (tertiary alicyclic amines) is 1. The van der Waals surface area contributed by atoms with Gasteiger partial charge in [0.1, 0.15) is 11.0 Å². The minimum Gasteiger partial charge on any atom is -0.444 e. The van der Waals surface area contributed by atoms with Crippen molar-refractivity contribution in [2.75, 3.05) is 13.1 Å². The second kappa shape index (κ2) is 6.25. The Bertz CT molecular complexity index is 596. The lowest BCUT2D eigenvalue weighted by Gasteiger charge is -2.37. The normalized spacial score (nSPS) is 17.7. The topological polar surface area (TPSA) is 66.2 Å². The van der Waals surface area contributed by atoms with Crippen molar-refractivity contribution in [2.24, 2.45) is 0 Å². The third-order valence-corrected chi connectivity index (χ3v) is 4.19. The van der Waals surface area contributed by atoms with Gasteiger partial charge in [0.2, 0.25) is 0 Å². The first kappa shape index (κ1) is 16.8. The van der Waals surface area contributed by atoms with E-state index in [0.717, 1.165) is 10.2 Å². The van der Waals surface area contributed by atoms with Gasteiger partial charge in [0.05, 0.1) is 11.8 Å². The van der Waals surface area contributed by atoms with Gasteiger partial charge in [-0.05, 0) is 45.7 Å². The predicted molar refractivity (Wildman–Crippen MR) is 86.3 cm³/mol. The van der Waals surface area contributed by atoms with Crippen molar-refractivity contribution in [3.8, 4) is 6.07 Å². The van der Waals surface area contributed by atoms with Crippen LogP contribution in [0.15, 0.2) is 22.8 Å². The second-order valence-electron chi connectivity index (χ2n) is 6.52. The van der Waals surface area contributed by atoms with Crippen molar-refractivity contribution >= 4 is 22.0 Å². The molecule has 118 valence electrons. The highest BCUT2D eigenvalue weighted by Gasteiger charge is 2.39. The zero-order valence-corrected chi connectivity index (χ0v) is 14.7. The molecule has 0 spiro atoms. The lowest BCUT2D eigenvalue weighted by Crippen LogP contribution is -2.46. The van der Waals surface area contributed by atoms with Gasteiger partial charge in [-0.1, -0.05) is 15.9 Å². The number of ether oxygens (including phenoxy) is 1. The van der Waals surface area contributed by atoms with Crippen molar-refractivity contribution < 1.29 is 9.53 Å². The molecule has 6 heteroatoms. The first-order chi connectivity index (χ1) is 10.3. The smallest absolute Gasteiger partial charge is 0.410 e. The van der Waals surface area contributed by atoms with Crippen LogP contribution in [0.25, 0.3) is 0 Å². The molecule has 0 saturated carbocycles. The van der Waals surface area contributed by atoms with Crippen molar-refractivity contribution in [3.63, 3.8) is 0 Å². The number of aromatic nitrogens is 1. The number of amides is 1. The highest BCUT2D eigenvalue weighted by atomic mass is 79.9. The number of carbonyl (C=O) groups excluding carboxylic acids is 1. The SMILES string of the molecule is CC(C)(C)OC(=O)N1CCC(C#N)(c2cc(Br)ccn2)CC1. The Morgan fingerprint density at radius 2 is 2.09 bits per heavy atom. The van der Waals surface area contributed by atoms with E-state index in [4.69, 9.17) is 4.74 Å². The highest BCUT2D eigenvalue weighted by molar-refractivity contribution is 9.10. The van der Waals surface area contributed by atoms with Gasteiger partial charge in [-0.25, -0.2) is 4.79 Å². The summed E-state index contributed by atoms with van der Waals surface area (Å²) < 4.78 is 6.29. The molecule has 2 heterocycles. The molecule has 1 saturated heterocycles. The number of nitriles is 1. The number of pyridine rings is 1. The van der Waals surface area contributed by atoms with Crippen molar-refractivity contribution in [1.82, 2.24) is 9.88 Å². The highest BCUT2D eigenvalue weighted by Crippen LogP contribution is 2.35. The van der Waals surface area contributed by atoms with Crippen LogP contribution < -0.4 is 0 Å². The van der Waals surface area contributed by atoms with E-state index in [0.29, 0.717) is 25.9 Å². The summed E-state index contributed by atoms with van der Waals surface area (Å²) in [6.07, 6.45) is 2.50. The Morgan fingerprint density at radius 3 is 2.59 bits per heavy atom. The number of piperidine rings is 1. The molecule has 1 aromatic rings. The molecule has 0 unspecified atom stereocenters. The lowest BCUT2D eigenvalue weighted by molar-refractivity contribution is 0.0184. The average molecular weight is 366 g/mol. The first-order valence-corrected chi connectivity index (χ1v) is 8.06. The van der Waals surface area contributed by atoms with Crippen LogP contribution in [0.2, 0.25) is 0 Å². The third-order valence-electron chi connectivity index (χ3n) is 3.69. The fraction of sp³-hybridized carbons (Fsp3) is 0.562. The van der Waals surface area contributed by atoms with Gasteiger partial charge in [0.15, 0.2) is 0 Å². The van der Waals surface area contributed by atoms with E-state index in [9.17, 15) is 10.1 Å². The maximum Gasteiger partial charge on any atom is 0.410 e. The molecule has 0 radical (unpaired) electrons. The summed E-state index contributed by atoms with van der Waals surface area (Å²) in [5.41, 5.74) is -0.386. The van der Waals surface area contributed by atoms with Gasteiger partial charge in [-0.3, -0.25) is 4.98 Å². The van der Waals surface area contributed by atoms with E-state index < -0.39 is 11.0 Å². The summed E-state index contributed by atoms with van der Waals surface area (Å²) >= 11 is 3.42. The Labute approximate surface area is 139 Å². The average Bonchev–Trinajstić information content (AvgIpc) is 2.45. The maximum atomic E-state index is 12.1. The molecule has 1 fully saturated rings. The Kier molecular flexibility index (Phi) is 4.76.